The summed E-state index contributed by atoms with van der Waals surface area (Å²) < 4.78 is 31.3. The second-order valence-electron chi connectivity index (χ2n) is 13.8. The van der Waals surface area contributed by atoms with Gasteiger partial charge in [-0.15, -0.1) is 34.0 Å². The molecule has 1 amide bonds. The molecule has 0 bridgehead atoms. The van der Waals surface area contributed by atoms with Crippen molar-refractivity contribution in [2.75, 3.05) is 42.9 Å². The van der Waals surface area contributed by atoms with Gasteiger partial charge in [-0.2, -0.15) is 13.9 Å². The van der Waals surface area contributed by atoms with Crippen LogP contribution in [0.15, 0.2) is 103 Å². The smallest absolute Gasteiger partial charge is 0.275 e. The molecule has 13 nitrogen and oxygen atoms in total. The van der Waals surface area contributed by atoms with E-state index in [1.807, 2.05) is 36.6 Å². The molecule has 1 N–H and O–H groups in total. The highest BCUT2D eigenvalue weighted by Crippen LogP contribution is 2.33. The zero-order chi connectivity index (χ0) is 42.0. The van der Waals surface area contributed by atoms with Gasteiger partial charge in [0.2, 0.25) is 4.96 Å². The van der Waals surface area contributed by atoms with Crippen LogP contribution in [-0.2, 0) is 27.0 Å². The molecule has 308 valence electrons. The molecule has 2 aliphatic rings. The number of rotatable bonds is 10. The van der Waals surface area contributed by atoms with Gasteiger partial charge in [0.05, 0.1) is 31.4 Å². The summed E-state index contributed by atoms with van der Waals surface area (Å²) in [6.45, 7) is 8.52. The fourth-order valence-corrected chi connectivity index (χ4v) is 12.8. The van der Waals surface area contributed by atoms with Gasteiger partial charge < -0.3 is 10.2 Å². The summed E-state index contributed by atoms with van der Waals surface area (Å²) in [5.74, 6) is 0.391. The van der Waals surface area contributed by atoms with Crippen LogP contribution in [0.1, 0.15) is 43.3 Å². The Labute approximate surface area is 366 Å². The molecular weight excluding hydrogens is 877 g/mol. The summed E-state index contributed by atoms with van der Waals surface area (Å²) in [4.78, 5) is 53.6. The van der Waals surface area contributed by atoms with Crippen molar-refractivity contribution in [2.45, 2.75) is 41.5 Å². The summed E-state index contributed by atoms with van der Waals surface area (Å²) in [6.07, 6.45) is 3.92. The third kappa shape index (κ3) is 9.36. The van der Waals surface area contributed by atoms with Gasteiger partial charge in [-0.05, 0) is 91.4 Å². The second-order valence-corrected chi connectivity index (χ2v) is 21.3. The summed E-state index contributed by atoms with van der Waals surface area (Å²) in [5.41, 5.74) is 6.41. The summed E-state index contributed by atoms with van der Waals surface area (Å²) in [5, 5.41) is 9.97. The Kier molecular flexibility index (Phi) is 12.5. The monoisotopic (exact) mass is 914 g/mol. The number of dihydropyridines is 1. The molecule has 0 atom stereocenters. The van der Waals surface area contributed by atoms with Crippen molar-refractivity contribution >= 4 is 111 Å². The number of hydrogen-bond acceptors (Lipinski definition) is 15. The number of amides is 1. The number of hydrogen-bond donors (Lipinski definition) is 1. The number of allylic oxidation sites excluding steroid dienone is 1. The number of piperazine rings is 1. The molecule has 7 aromatic rings. The maximum atomic E-state index is 13.1. The van der Waals surface area contributed by atoms with Crippen molar-refractivity contribution in [2.24, 2.45) is 4.99 Å². The molecule has 0 radical (unpaired) electrons. The molecule has 60 heavy (non-hydrogen) atoms. The largest absolute Gasteiger partial charge is 0.369 e. The highest BCUT2D eigenvalue weighted by Gasteiger charge is 2.30. The highest BCUT2D eigenvalue weighted by molar-refractivity contribution is 8.00. The van der Waals surface area contributed by atoms with E-state index in [2.05, 4.69) is 62.3 Å². The van der Waals surface area contributed by atoms with Gasteiger partial charge in [0, 0.05) is 49.4 Å². The Balaban J connectivity index is 0.000000167. The molecule has 0 spiro atoms. The number of carbonyl (C=O) groups excluding carboxylic acids is 2. The van der Waals surface area contributed by atoms with Crippen LogP contribution in [-0.4, -0.2) is 82.4 Å². The fraction of sp³-hybridized carbons (Fsp3) is 0.244. The third-order valence-electron chi connectivity index (χ3n) is 9.56. The van der Waals surface area contributed by atoms with Gasteiger partial charge in [-0.25, -0.2) is 18.4 Å². The van der Waals surface area contributed by atoms with E-state index in [-0.39, 0.29) is 23.8 Å². The van der Waals surface area contributed by atoms with E-state index in [1.165, 1.54) is 67.5 Å². The number of nitrogens with one attached hydrogen (secondary N) is 1. The van der Waals surface area contributed by atoms with Crippen molar-refractivity contribution in [3.63, 3.8) is 0 Å². The number of carbonyl (C=O) groups is 2. The van der Waals surface area contributed by atoms with Crippen molar-refractivity contribution in [3.05, 3.63) is 126 Å². The molecule has 9 rings (SSSR count). The number of nitrogens with zero attached hydrogens (tertiary/aromatic N) is 7. The number of benzene rings is 2. The van der Waals surface area contributed by atoms with Crippen molar-refractivity contribution in [1.29, 1.82) is 0 Å². The number of sulfonamides is 1. The lowest BCUT2D eigenvalue weighted by Crippen LogP contribution is -2.48. The number of aliphatic imine (C=N–C) groups is 1. The maximum Gasteiger partial charge on any atom is 0.275 e. The van der Waals surface area contributed by atoms with E-state index in [1.54, 1.807) is 51.7 Å². The lowest BCUT2D eigenvalue weighted by Gasteiger charge is -2.36. The topological polar surface area (TPSA) is 159 Å². The van der Waals surface area contributed by atoms with Crippen molar-refractivity contribution < 1.29 is 18.0 Å². The second kappa shape index (κ2) is 18.0. The normalized spacial score (nSPS) is 14.7. The predicted octanol–water partition coefficient (Wildman–Crippen LogP) is 7.73. The first kappa shape index (κ1) is 41.8. The molecule has 2 aliphatic heterocycles. The quantitative estimate of drug-likeness (QED) is 0.135. The predicted molar refractivity (Wildman–Crippen MR) is 245 cm³/mol. The van der Waals surface area contributed by atoms with Gasteiger partial charge in [-0.1, -0.05) is 48.2 Å². The zero-order valence-electron chi connectivity index (χ0n) is 32.7. The number of anilines is 2. The van der Waals surface area contributed by atoms with Gasteiger partial charge in [-0.3, -0.25) is 19.4 Å². The molecule has 2 aromatic carbocycles. The van der Waals surface area contributed by atoms with Gasteiger partial charge in [0.15, 0.2) is 10.1 Å². The Hall–Kier alpha value is -4.89. The van der Waals surface area contributed by atoms with E-state index >= 15 is 0 Å². The fourth-order valence-electron chi connectivity index (χ4n) is 6.45. The van der Waals surface area contributed by atoms with Crippen LogP contribution in [0.25, 0.3) is 15.2 Å². The minimum atomic E-state index is -3.54. The first-order valence-corrected chi connectivity index (χ1v) is 24.6. The minimum Gasteiger partial charge on any atom is -0.369 e. The zero-order valence-corrected chi connectivity index (χ0v) is 37.6. The third-order valence-corrected chi connectivity index (χ3v) is 17.2. The van der Waals surface area contributed by atoms with Gasteiger partial charge >= 0.3 is 0 Å². The minimum absolute atomic E-state index is 0.0418. The summed E-state index contributed by atoms with van der Waals surface area (Å²) in [6, 6.07) is 20.6. The van der Waals surface area contributed by atoms with Crippen molar-refractivity contribution in [1.82, 2.24) is 23.9 Å². The number of thiazole rings is 1. The van der Waals surface area contributed by atoms with Crippen LogP contribution in [0.5, 0.6) is 0 Å². The Morgan fingerprint density at radius 3 is 2.50 bits per heavy atom. The van der Waals surface area contributed by atoms with E-state index < -0.39 is 10.0 Å². The highest BCUT2D eigenvalue weighted by atomic mass is 32.2. The van der Waals surface area contributed by atoms with Crippen LogP contribution in [0.3, 0.4) is 0 Å². The average Bonchev–Trinajstić information content (AvgIpc) is 4.09. The molecule has 5 aromatic heterocycles. The summed E-state index contributed by atoms with van der Waals surface area (Å²) in [7, 11) is -3.54. The molecule has 0 aliphatic carbocycles. The SMILES string of the molecule is CCc1nn2c(=O)cc(CSc3nc4ccc(NC(=O)c5cccs5)cc4s3)nc2s1.Cc1ccc(C)c(N2CCN(S(=O)(=O)c3ccc(C4=NCC(=O)C=C4)s3)CC2)c1. The molecule has 1 fully saturated rings. The number of thiophene rings is 2. The van der Waals surface area contributed by atoms with Crippen LogP contribution in [0.4, 0.5) is 11.4 Å². The number of thioether (sulfide) groups is 1. The summed E-state index contributed by atoms with van der Waals surface area (Å²) >= 11 is 7.15. The number of fused-ring (bicyclic) bond motifs is 2. The van der Waals surface area contributed by atoms with Crippen LogP contribution >= 0.6 is 57.1 Å². The van der Waals surface area contributed by atoms with E-state index in [0.29, 0.717) is 57.4 Å². The lowest BCUT2D eigenvalue weighted by atomic mass is 10.1. The van der Waals surface area contributed by atoms with E-state index in [9.17, 15) is 22.8 Å². The standard InChI is InChI=1S/C21H23N3O3S2.C20H15N5O2S4/c1-15-3-4-16(2)19(13-15)23-9-11-24(12-10-23)29(26,27)21-8-7-20(28-21)18-6-5-17(25)14-22-18;1-2-16-24-25-17(26)9-12(22-19(25)31-16)10-29-20-23-13-6-5-11(8-15(13)30-20)21-18(27)14-4-3-7-28-14/h3-8,13H,9-12,14H2,1-2H3;3-9H,2,10H2,1H3,(H,21,27). The van der Waals surface area contributed by atoms with Gasteiger partial charge in [0.1, 0.15) is 15.8 Å². The molecule has 0 unspecified atom stereocenters. The Morgan fingerprint density at radius 2 is 1.75 bits per heavy atom. The van der Waals surface area contributed by atoms with Crippen LogP contribution in [0.2, 0.25) is 0 Å². The number of ketones is 1. The number of aromatic nitrogens is 4. The average molecular weight is 915 g/mol. The van der Waals surface area contributed by atoms with E-state index in [4.69, 9.17) is 0 Å². The number of aryl methyl sites for hydroxylation is 3. The van der Waals surface area contributed by atoms with Crippen LogP contribution in [0, 0.1) is 13.8 Å². The van der Waals surface area contributed by atoms with E-state index in [0.717, 1.165) is 36.5 Å². The first-order chi connectivity index (χ1) is 28.9. The first-order valence-electron chi connectivity index (χ1n) is 18.9. The molecule has 0 saturated carbocycles. The Morgan fingerprint density at radius 1 is 0.917 bits per heavy atom. The molecule has 19 heteroatoms. The van der Waals surface area contributed by atoms with Gasteiger partial charge in [0.25, 0.3) is 21.5 Å². The van der Waals surface area contributed by atoms with Crippen molar-refractivity contribution in [3.8, 4) is 0 Å². The molecule has 7 heterocycles. The molecule has 1 saturated heterocycles. The maximum absolute atomic E-state index is 13.1. The Bertz CT molecular complexity index is 2960. The van der Waals surface area contributed by atoms with Crippen LogP contribution < -0.4 is 15.8 Å². The molecular formula is C41H38N8O5S6. The lowest BCUT2D eigenvalue weighted by molar-refractivity contribution is -0.113.